The smallest absolute Gasteiger partial charge is 0.260 e. The molecular formula is C23H22N4O2. The molecule has 1 amide bonds. The molecular weight excluding hydrogens is 364 g/mol. The molecule has 0 saturated heterocycles. The van der Waals surface area contributed by atoms with Crippen LogP contribution in [0.1, 0.15) is 18.3 Å². The number of nitrogens with zero attached hydrogens (tertiary/aromatic N) is 3. The number of aromatic nitrogens is 2. The number of carbonyl (C=O) groups excluding carboxylic acids is 1. The summed E-state index contributed by atoms with van der Waals surface area (Å²) >= 11 is 0. The molecule has 0 atom stereocenters. The van der Waals surface area contributed by atoms with Gasteiger partial charge in [-0.25, -0.2) is 10.4 Å². The SMILES string of the molecule is COc1ccc2cc(/C(C)=N\NC(=O)Cn3c(C)nc4ccccc43)ccc2c1. The molecule has 0 radical (unpaired) electrons. The molecule has 6 nitrogen and oxygen atoms in total. The van der Waals surface area contributed by atoms with Crippen LogP contribution in [0, 0.1) is 6.92 Å². The molecule has 0 unspecified atom stereocenters. The molecule has 29 heavy (non-hydrogen) atoms. The Kier molecular flexibility index (Phi) is 4.99. The Morgan fingerprint density at radius 3 is 2.69 bits per heavy atom. The predicted molar refractivity (Wildman–Crippen MR) is 115 cm³/mol. The van der Waals surface area contributed by atoms with E-state index in [0.29, 0.717) is 0 Å². The number of methoxy groups -OCH3 is 1. The van der Waals surface area contributed by atoms with Crippen molar-refractivity contribution >= 4 is 33.4 Å². The fourth-order valence-electron chi connectivity index (χ4n) is 3.36. The van der Waals surface area contributed by atoms with Crippen LogP contribution >= 0.6 is 0 Å². The lowest BCUT2D eigenvalue weighted by Gasteiger charge is -2.08. The topological polar surface area (TPSA) is 68.5 Å². The Hall–Kier alpha value is -3.67. The van der Waals surface area contributed by atoms with Crippen LogP contribution in [0.2, 0.25) is 0 Å². The van der Waals surface area contributed by atoms with E-state index in [9.17, 15) is 4.79 Å². The van der Waals surface area contributed by atoms with Gasteiger partial charge in [0.25, 0.3) is 5.91 Å². The maximum absolute atomic E-state index is 12.4. The van der Waals surface area contributed by atoms with Crippen LogP contribution in [0.4, 0.5) is 0 Å². The maximum Gasteiger partial charge on any atom is 0.260 e. The van der Waals surface area contributed by atoms with E-state index in [2.05, 4.69) is 15.5 Å². The first-order valence-corrected chi connectivity index (χ1v) is 9.38. The van der Waals surface area contributed by atoms with Crippen molar-refractivity contribution in [2.45, 2.75) is 20.4 Å². The number of ether oxygens (including phenoxy) is 1. The molecule has 0 aliphatic carbocycles. The molecule has 4 aromatic rings. The monoisotopic (exact) mass is 386 g/mol. The first-order chi connectivity index (χ1) is 14.0. The Bertz CT molecular complexity index is 1240. The number of fused-ring (bicyclic) bond motifs is 2. The van der Waals surface area contributed by atoms with Crippen LogP contribution in [0.25, 0.3) is 21.8 Å². The number of amides is 1. The predicted octanol–water partition coefficient (Wildman–Crippen LogP) is 4.05. The molecule has 0 spiro atoms. The van der Waals surface area contributed by atoms with Crippen LogP contribution < -0.4 is 10.2 Å². The molecule has 0 fully saturated rings. The first-order valence-electron chi connectivity index (χ1n) is 9.38. The summed E-state index contributed by atoms with van der Waals surface area (Å²) in [4.78, 5) is 16.9. The lowest BCUT2D eigenvalue weighted by Crippen LogP contribution is -2.24. The highest BCUT2D eigenvalue weighted by Gasteiger charge is 2.10. The van der Waals surface area contributed by atoms with Gasteiger partial charge >= 0.3 is 0 Å². The van der Waals surface area contributed by atoms with Crippen molar-refractivity contribution in [3.8, 4) is 5.75 Å². The third-order valence-electron chi connectivity index (χ3n) is 4.96. The zero-order valence-corrected chi connectivity index (χ0v) is 16.6. The highest BCUT2D eigenvalue weighted by atomic mass is 16.5. The van der Waals surface area contributed by atoms with Gasteiger partial charge in [0.05, 0.1) is 23.9 Å². The van der Waals surface area contributed by atoms with Crippen LogP contribution in [0.15, 0.2) is 65.8 Å². The molecule has 3 aromatic carbocycles. The molecule has 1 aromatic heterocycles. The van der Waals surface area contributed by atoms with Gasteiger partial charge in [0.1, 0.15) is 18.1 Å². The van der Waals surface area contributed by atoms with Gasteiger partial charge in [0.15, 0.2) is 0 Å². The summed E-state index contributed by atoms with van der Waals surface area (Å²) in [5.41, 5.74) is 6.16. The van der Waals surface area contributed by atoms with Gasteiger partial charge in [-0.2, -0.15) is 5.10 Å². The number of hydrogen-bond donors (Lipinski definition) is 1. The fourth-order valence-corrected chi connectivity index (χ4v) is 3.36. The van der Waals surface area contributed by atoms with Crippen LogP contribution in [0.5, 0.6) is 5.75 Å². The number of nitrogens with one attached hydrogen (secondary N) is 1. The number of aryl methyl sites for hydroxylation is 1. The molecule has 146 valence electrons. The van der Waals surface area contributed by atoms with Gasteiger partial charge in [0.2, 0.25) is 0 Å². The summed E-state index contributed by atoms with van der Waals surface area (Å²) in [6.07, 6.45) is 0. The van der Waals surface area contributed by atoms with Crippen LogP contribution in [-0.4, -0.2) is 28.3 Å². The quantitative estimate of drug-likeness (QED) is 0.416. The Morgan fingerprint density at radius 1 is 1.10 bits per heavy atom. The van der Waals surface area contributed by atoms with Crippen LogP contribution in [0.3, 0.4) is 0 Å². The number of rotatable bonds is 5. The van der Waals surface area contributed by atoms with E-state index in [0.717, 1.165) is 44.7 Å². The van der Waals surface area contributed by atoms with Crippen molar-refractivity contribution < 1.29 is 9.53 Å². The van der Waals surface area contributed by atoms with E-state index in [4.69, 9.17) is 4.74 Å². The molecule has 1 N–H and O–H groups in total. The Morgan fingerprint density at radius 2 is 1.86 bits per heavy atom. The van der Waals surface area contributed by atoms with E-state index < -0.39 is 0 Å². The van der Waals surface area contributed by atoms with E-state index in [1.54, 1.807) is 7.11 Å². The minimum Gasteiger partial charge on any atom is -0.497 e. The summed E-state index contributed by atoms with van der Waals surface area (Å²) in [7, 11) is 1.66. The van der Waals surface area contributed by atoms with E-state index in [-0.39, 0.29) is 12.5 Å². The van der Waals surface area contributed by atoms with Gasteiger partial charge in [0, 0.05) is 0 Å². The minimum absolute atomic E-state index is 0.167. The summed E-state index contributed by atoms with van der Waals surface area (Å²) in [5.74, 6) is 1.43. The Labute approximate surface area is 168 Å². The molecule has 0 aliphatic rings. The lowest BCUT2D eigenvalue weighted by atomic mass is 10.0. The number of hydrazone groups is 1. The number of hydrogen-bond acceptors (Lipinski definition) is 4. The van der Waals surface area contributed by atoms with Gasteiger partial charge < -0.3 is 9.30 Å². The fraction of sp³-hybridized carbons (Fsp3) is 0.174. The van der Waals surface area contributed by atoms with Crippen molar-refractivity contribution in [3.05, 3.63) is 72.1 Å². The molecule has 6 heteroatoms. The summed E-state index contributed by atoms with van der Waals surface area (Å²) in [6.45, 7) is 3.94. The third-order valence-corrected chi connectivity index (χ3v) is 4.96. The summed E-state index contributed by atoms with van der Waals surface area (Å²) in [5, 5.41) is 6.46. The number of para-hydroxylation sites is 2. The standard InChI is InChI=1S/C23H22N4O2/c1-15(17-8-9-19-13-20(29-3)11-10-18(19)12-17)25-26-23(28)14-27-16(2)24-21-6-4-5-7-22(21)27/h4-13H,14H2,1-3H3,(H,26,28)/b25-15-. The van der Waals surface area contributed by atoms with Gasteiger partial charge in [-0.05, 0) is 60.5 Å². The highest BCUT2D eigenvalue weighted by Crippen LogP contribution is 2.22. The van der Waals surface area contributed by atoms with E-state index in [1.807, 2.05) is 79.1 Å². The molecule has 0 saturated carbocycles. The number of imidazole rings is 1. The van der Waals surface area contributed by atoms with Crippen molar-refractivity contribution in [1.82, 2.24) is 15.0 Å². The van der Waals surface area contributed by atoms with Crippen molar-refractivity contribution in [1.29, 1.82) is 0 Å². The Balaban J connectivity index is 1.50. The highest BCUT2D eigenvalue weighted by molar-refractivity contribution is 6.02. The van der Waals surface area contributed by atoms with Crippen molar-refractivity contribution in [3.63, 3.8) is 0 Å². The third kappa shape index (κ3) is 3.82. The second-order valence-corrected chi connectivity index (χ2v) is 6.89. The normalized spacial score (nSPS) is 11.8. The second-order valence-electron chi connectivity index (χ2n) is 6.89. The lowest BCUT2D eigenvalue weighted by molar-refractivity contribution is -0.121. The minimum atomic E-state index is -0.193. The average Bonchev–Trinajstić information content (AvgIpc) is 3.06. The number of carbonyl (C=O) groups is 1. The molecule has 4 rings (SSSR count). The van der Waals surface area contributed by atoms with Gasteiger partial charge in [-0.1, -0.05) is 30.3 Å². The molecule has 0 aliphatic heterocycles. The average molecular weight is 386 g/mol. The van der Waals surface area contributed by atoms with E-state index in [1.165, 1.54) is 0 Å². The zero-order valence-electron chi connectivity index (χ0n) is 16.6. The second kappa shape index (κ2) is 7.75. The number of benzene rings is 3. The first kappa shape index (κ1) is 18.7. The summed E-state index contributed by atoms with van der Waals surface area (Å²) in [6, 6.07) is 19.8. The van der Waals surface area contributed by atoms with E-state index >= 15 is 0 Å². The van der Waals surface area contributed by atoms with Gasteiger partial charge in [-0.15, -0.1) is 0 Å². The van der Waals surface area contributed by atoms with Crippen LogP contribution in [-0.2, 0) is 11.3 Å². The largest absolute Gasteiger partial charge is 0.497 e. The van der Waals surface area contributed by atoms with Gasteiger partial charge in [-0.3, -0.25) is 4.79 Å². The molecule has 0 bridgehead atoms. The maximum atomic E-state index is 12.4. The van der Waals surface area contributed by atoms with Crippen molar-refractivity contribution in [2.24, 2.45) is 5.10 Å². The summed E-state index contributed by atoms with van der Waals surface area (Å²) < 4.78 is 7.15. The molecule has 1 heterocycles. The zero-order chi connectivity index (χ0) is 20.4. The van der Waals surface area contributed by atoms with Crippen molar-refractivity contribution in [2.75, 3.05) is 7.11 Å².